The van der Waals surface area contributed by atoms with E-state index < -0.39 is 0 Å². The molecule has 30 heavy (non-hydrogen) atoms. The molecule has 0 spiro atoms. The van der Waals surface area contributed by atoms with E-state index in [9.17, 15) is 4.79 Å². The van der Waals surface area contributed by atoms with Gasteiger partial charge in [-0.1, -0.05) is 63.6 Å². The number of amides is 1. The fourth-order valence-electron chi connectivity index (χ4n) is 4.85. The maximum Gasteiger partial charge on any atom is 0.251 e. The third-order valence-electron chi connectivity index (χ3n) is 6.64. The molecule has 2 unspecified atom stereocenters. The largest absolute Gasteiger partial charge is 0.492 e. The highest BCUT2D eigenvalue weighted by atomic mass is 16.5. The topological polar surface area (TPSA) is 38.3 Å². The average molecular weight is 404 g/mol. The van der Waals surface area contributed by atoms with Crippen molar-refractivity contribution in [3.05, 3.63) is 70.3 Å². The predicted octanol–water partition coefficient (Wildman–Crippen LogP) is 5.85. The molecule has 1 N–H and O–H groups in total. The summed E-state index contributed by atoms with van der Waals surface area (Å²) in [6.45, 7) is 7.20. The Morgan fingerprint density at radius 2 is 2.10 bits per heavy atom. The molecule has 4 rings (SSSR count). The Morgan fingerprint density at radius 3 is 2.90 bits per heavy atom. The van der Waals surface area contributed by atoms with E-state index in [1.807, 2.05) is 12.1 Å². The fraction of sp³-hybridized carbons (Fsp3) is 0.444. The first-order valence-electron chi connectivity index (χ1n) is 11.4. The highest BCUT2D eigenvalue weighted by molar-refractivity contribution is 5.95. The van der Waals surface area contributed by atoms with Crippen molar-refractivity contribution >= 4 is 12.0 Å². The number of nitrogens with one attached hydrogen (secondary N) is 1. The summed E-state index contributed by atoms with van der Waals surface area (Å²) in [5.74, 6) is 0.853. The lowest BCUT2D eigenvalue weighted by atomic mass is 9.77. The summed E-state index contributed by atoms with van der Waals surface area (Å²) in [6, 6.07) is 12.9. The molecule has 0 fully saturated rings. The summed E-state index contributed by atoms with van der Waals surface area (Å²) < 4.78 is 6.10. The van der Waals surface area contributed by atoms with Crippen LogP contribution in [0.5, 0.6) is 5.75 Å². The number of hydrogen-bond acceptors (Lipinski definition) is 2. The van der Waals surface area contributed by atoms with Gasteiger partial charge in [-0.25, -0.2) is 0 Å². The number of aryl methyl sites for hydroxylation is 1. The number of rotatable bonds is 7. The number of ether oxygens (including phenoxy) is 1. The van der Waals surface area contributed by atoms with Gasteiger partial charge in [0.2, 0.25) is 0 Å². The number of benzene rings is 2. The van der Waals surface area contributed by atoms with Crippen molar-refractivity contribution in [2.24, 2.45) is 0 Å². The smallest absolute Gasteiger partial charge is 0.251 e. The first-order valence-corrected chi connectivity index (χ1v) is 11.4. The molecule has 2 aromatic rings. The van der Waals surface area contributed by atoms with Crippen LogP contribution in [-0.4, -0.2) is 18.6 Å². The van der Waals surface area contributed by atoms with E-state index in [1.54, 1.807) is 0 Å². The zero-order valence-electron chi connectivity index (χ0n) is 18.5. The second kappa shape index (κ2) is 8.67. The molecule has 0 radical (unpaired) electrons. The summed E-state index contributed by atoms with van der Waals surface area (Å²) in [7, 11) is 0. The zero-order valence-corrected chi connectivity index (χ0v) is 18.5. The normalized spacial score (nSPS) is 20.2. The minimum Gasteiger partial charge on any atom is -0.492 e. The minimum absolute atomic E-state index is 0.00225. The summed E-state index contributed by atoms with van der Waals surface area (Å²) >= 11 is 0. The molecule has 1 heterocycles. The van der Waals surface area contributed by atoms with Crippen LogP contribution in [0.15, 0.2) is 42.5 Å². The van der Waals surface area contributed by atoms with Gasteiger partial charge in [-0.2, -0.15) is 0 Å². The van der Waals surface area contributed by atoms with Gasteiger partial charge in [0.15, 0.2) is 0 Å². The zero-order chi connectivity index (χ0) is 21.1. The summed E-state index contributed by atoms with van der Waals surface area (Å²) in [4.78, 5) is 12.7. The molecule has 0 bridgehead atoms. The standard InChI is InChI=1S/C27H33NO2/c1-4-9-22(5-2)28-26(29)20-14-15-24-25(16-20)30-18-27(24,3)17-21-12-8-11-19-10-6-7-13-23(19)21/h7-8,11-16,22H,4-6,9-10,17-18H2,1-3H3,(H,28,29). The molecule has 3 heteroatoms. The van der Waals surface area contributed by atoms with Gasteiger partial charge in [-0.05, 0) is 60.9 Å². The molecule has 1 aliphatic heterocycles. The molecular weight excluding hydrogens is 370 g/mol. The van der Waals surface area contributed by atoms with Crippen LogP contribution in [0.4, 0.5) is 0 Å². The lowest BCUT2D eigenvalue weighted by Gasteiger charge is -2.25. The van der Waals surface area contributed by atoms with Gasteiger partial charge >= 0.3 is 0 Å². The Hall–Kier alpha value is -2.55. The molecule has 1 aliphatic carbocycles. The van der Waals surface area contributed by atoms with Crippen LogP contribution in [-0.2, 0) is 18.3 Å². The van der Waals surface area contributed by atoms with Crippen LogP contribution in [0.2, 0.25) is 0 Å². The second-order valence-corrected chi connectivity index (χ2v) is 9.04. The molecule has 0 aromatic heterocycles. The highest BCUT2D eigenvalue weighted by Crippen LogP contribution is 2.42. The summed E-state index contributed by atoms with van der Waals surface area (Å²) in [5, 5.41) is 3.17. The third-order valence-corrected chi connectivity index (χ3v) is 6.64. The van der Waals surface area contributed by atoms with Gasteiger partial charge in [0.25, 0.3) is 5.91 Å². The van der Waals surface area contributed by atoms with Gasteiger partial charge < -0.3 is 10.1 Å². The van der Waals surface area contributed by atoms with Crippen LogP contribution in [0.1, 0.15) is 79.1 Å². The van der Waals surface area contributed by atoms with E-state index in [0.717, 1.165) is 44.3 Å². The van der Waals surface area contributed by atoms with Gasteiger partial charge in [0.1, 0.15) is 5.75 Å². The first-order chi connectivity index (χ1) is 14.5. The molecule has 0 saturated carbocycles. The van der Waals surface area contributed by atoms with E-state index in [4.69, 9.17) is 4.74 Å². The third kappa shape index (κ3) is 4.03. The van der Waals surface area contributed by atoms with Crippen molar-refractivity contribution < 1.29 is 9.53 Å². The van der Waals surface area contributed by atoms with Crippen LogP contribution >= 0.6 is 0 Å². The average Bonchev–Trinajstić information content (AvgIpc) is 3.09. The monoisotopic (exact) mass is 403 g/mol. The van der Waals surface area contributed by atoms with Crippen molar-refractivity contribution in [3.63, 3.8) is 0 Å². The Labute approximate surface area is 180 Å². The van der Waals surface area contributed by atoms with Crippen LogP contribution < -0.4 is 10.1 Å². The first kappa shape index (κ1) is 20.7. The van der Waals surface area contributed by atoms with Gasteiger partial charge in [-0.3, -0.25) is 4.79 Å². The van der Waals surface area contributed by atoms with E-state index in [2.05, 4.69) is 62.5 Å². The van der Waals surface area contributed by atoms with E-state index >= 15 is 0 Å². The Kier molecular flexibility index (Phi) is 5.99. The summed E-state index contributed by atoms with van der Waals surface area (Å²) in [6.07, 6.45) is 10.8. The minimum atomic E-state index is -0.0844. The Bertz CT molecular complexity index is 961. The molecule has 2 aliphatic rings. The Morgan fingerprint density at radius 1 is 1.23 bits per heavy atom. The molecule has 0 saturated heterocycles. The van der Waals surface area contributed by atoms with Crippen molar-refractivity contribution in [3.8, 4) is 5.75 Å². The van der Waals surface area contributed by atoms with Crippen molar-refractivity contribution in [2.45, 2.75) is 70.8 Å². The van der Waals surface area contributed by atoms with Gasteiger partial charge in [0.05, 0.1) is 6.61 Å². The molecule has 2 atom stereocenters. The number of carbonyl (C=O) groups excluding carboxylic acids is 1. The predicted molar refractivity (Wildman–Crippen MR) is 123 cm³/mol. The quantitative estimate of drug-likeness (QED) is 0.630. The number of fused-ring (bicyclic) bond motifs is 2. The number of hydrogen-bond donors (Lipinski definition) is 1. The fourth-order valence-corrected chi connectivity index (χ4v) is 4.85. The maximum atomic E-state index is 12.7. The van der Waals surface area contributed by atoms with E-state index in [0.29, 0.717) is 12.2 Å². The van der Waals surface area contributed by atoms with Gasteiger partial charge in [0, 0.05) is 22.6 Å². The Balaban J connectivity index is 1.55. The van der Waals surface area contributed by atoms with Crippen molar-refractivity contribution in [1.29, 1.82) is 0 Å². The molecule has 1 amide bonds. The lowest BCUT2D eigenvalue weighted by molar-refractivity contribution is 0.0933. The van der Waals surface area contributed by atoms with Crippen molar-refractivity contribution in [2.75, 3.05) is 6.61 Å². The van der Waals surface area contributed by atoms with Crippen LogP contribution in [0, 0.1) is 0 Å². The van der Waals surface area contributed by atoms with Crippen LogP contribution in [0.25, 0.3) is 6.08 Å². The molecule has 2 aromatic carbocycles. The molecule has 158 valence electrons. The molecular formula is C27H33NO2. The van der Waals surface area contributed by atoms with Crippen molar-refractivity contribution in [1.82, 2.24) is 5.32 Å². The molecule has 3 nitrogen and oxygen atoms in total. The number of carbonyl (C=O) groups is 1. The highest BCUT2D eigenvalue weighted by Gasteiger charge is 2.37. The summed E-state index contributed by atoms with van der Waals surface area (Å²) in [5.41, 5.74) is 6.02. The maximum absolute atomic E-state index is 12.7. The lowest BCUT2D eigenvalue weighted by Crippen LogP contribution is -2.34. The van der Waals surface area contributed by atoms with Crippen LogP contribution in [0.3, 0.4) is 0 Å². The van der Waals surface area contributed by atoms with Gasteiger partial charge in [-0.15, -0.1) is 0 Å². The second-order valence-electron chi connectivity index (χ2n) is 9.04. The van der Waals surface area contributed by atoms with E-state index in [-0.39, 0.29) is 17.4 Å². The SMILES string of the molecule is CCCC(CC)NC(=O)c1ccc2c(c1)OCC2(C)Cc1cccc2c1C=CCC2. The number of allylic oxidation sites excluding steroid dienone is 1. The van der Waals surface area contributed by atoms with E-state index in [1.165, 1.54) is 22.3 Å².